The van der Waals surface area contributed by atoms with Gasteiger partial charge in [-0.1, -0.05) is 30.0 Å². The van der Waals surface area contributed by atoms with Crippen molar-refractivity contribution in [1.29, 1.82) is 5.26 Å². The minimum atomic E-state index is -0.216. The fourth-order valence-electron chi connectivity index (χ4n) is 2.38. The third-order valence-corrected chi connectivity index (χ3v) is 4.61. The predicted octanol–water partition coefficient (Wildman–Crippen LogP) is 2.21. The number of furan rings is 1. The number of nitrogens with zero attached hydrogens (tertiary/aromatic N) is 5. The first kappa shape index (κ1) is 17.6. The summed E-state index contributed by atoms with van der Waals surface area (Å²) >= 11 is 1.16. The highest BCUT2D eigenvalue weighted by Gasteiger charge is 2.19. The zero-order valence-electron chi connectivity index (χ0n) is 14.0. The average molecular weight is 368 g/mol. The first-order valence-electron chi connectivity index (χ1n) is 7.72. The lowest BCUT2D eigenvalue weighted by atomic mass is 10.2. The molecule has 0 aliphatic heterocycles. The summed E-state index contributed by atoms with van der Waals surface area (Å²) in [6.45, 7) is 1.78. The summed E-state index contributed by atoms with van der Waals surface area (Å²) in [5, 5.41) is 17.5. The third kappa shape index (κ3) is 3.55. The van der Waals surface area contributed by atoms with Gasteiger partial charge in [0, 0.05) is 5.69 Å². The number of nitriles is 1. The fourth-order valence-corrected chi connectivity index (χ4v) is 3.11. The van der Waals surface area contributed by atoms with Gasteiger partial charge in [0.1, 0.15) is 12.3 Å². The van der Waals surface area contributed by atoms with Gasteiger partial charge in [-0.15, -0.1) is 10.2 Å². The van der Waals surface area contributed by atoms with Crippen LogP contribution in [0.3, 0.4) is 0 Å². The van der Waals surface area contributed by atoms with E-state index in [1.54, 1.807) is 31.4 Å². The standard InChI is InChI=1S/C17H16N6O2S/c1-12-14(7-10-25-12)16-20-21-17(23(16)19)26-11-15(24)22(9-8-18)13-5-3-2-4-6-13/h2-7,10H,9,11,19H2,1H3. The SMILES string of the molecule is Cc1occc1-c1nnc(SCC(=O)N(CC#N)c2ccccc2)n1N. The van der Waals surface area contributed by atoms with Gasteiger partial charge in [0.05, 0.1) is 23.6 Å². The van der Waals surface area contributed by atoms with Crippen molar-refractivity contribution < 1.29 is 9.21 Å². The van der Waals surface area contributed by atoms with E-state index in [0.29, 0.717) is 22.4 Å². The number of carbonyl (C=O) groups is 1. The molecule has 0 atom stereocenters. The van der Waals surface area contributed by atoms with E-state index in [9.17, 15) is 4.79 Å². The van der Waals surface area contributed by atoms with Crippen molar-refractivity contribution in [3.05, 3.63) is 48.4 Å². The summed E-state index contributed by atoms with van der Waals surface area (Å²) in [5.74, 6) is 7.05. The van der Waals surface area contributed by atoms with Crippen molar-refractivity contribution in [3.63, 3.8) is 0 Å². The van der Waals surface area contributed by atoms with Crippen LogP contribution in [-0.2, 0) is 4.79 Å². The molecule has 0 fully saturated rings. The summed E-state index contributed by atoms with van der Waals surface area (Å²) in [6, 6.07) is 12.8. The monoisotopic (exact) mass is 368 g/mol. The molecule has 3 aromatic rings. The van der Waals surface area contributed by atoms with Crippen molar-refractivity contribution in [1.82, 2.24) is 14.9 Å². The Morgan fingerprint density at radius 1 is 1.35 bits per heavy atom. The molecule has 0 bridgehead atoms. The maximum Gasteiger partial charge on any atom is 0.238 e. The highest BCUT2D eigenvalue weighted by molar-refractivity contribution is 7.99. The molecule has 0 saturated heterocycles. The van der Waals surface area contributed by atoms with E-state index >= 15 is 0 Å². The summed E-state index contributed by atoms with van der Waals surface area (Å²) < 4.78 is 6.58. The molecule has 0 saturated carbocycles. The van der Waals surface area contributed by atoms with Crippen LogP contribution in [0.1, 0.15) is 5.76 Å². The van der Waals surface area contributed by atoms with Gasteiger partial charge in [0.15, 0.2) is 5.82 Å². The number of nitrogens with two attached hydrogens (primary N) is 1. The van der Waals surface area contributed by atoms with Crippen molar-refractivity contribution in [2.75, 3.05) is 23.0 Å². The molecule has 3 rings (SSSR count). The molecule has 1 amide bonds. The molecule has 1 aromatic carbocycles. The quantitative estimate of drug-likeness (QED) is 0.403. The summed E-state index contributed by atoms with van der Waals surface area (Å²) in [5.41, 5.74) is 1.41. The van der Waals surface area contributed by atoms with Gasteiger partial charge in [-0.2, -0.15) is 5.26 Å². The summed E-state index contributed by atoms with van der Waals surface area (Å²) in [7, 11) is 0. The number of benzene rings is 1. The minimum absolute atomic E-state index is 0.0296. The van der Waals surface area contributed by atoms with Gasteiger partial charge in [0.2, 0.25) is 11.1 Å². The van der Waals surface area contributed by atoms with Crippen LogP contribution >= 0.6 is 11.8 Å². The van der Waals surface area contributed by atoms with Crippen LogP contribution in [-0.4, -0.2) is 33.1 Å². The molecular weight excluding hydrogens is 352 g/mol. The molecule has 2 heterocycles. The molecule has 132 valence electrons. The van der Waals surface area contributed by atoms with Crippen LogP contribution in [0.4, 0.5) is 5.69 Å². The Balaban J connectivity index is 1.72. The molecule has 0 spiro atoms. The number of nitrogen functional groups attached to an aromatic ring is 1. The number of amides is 1. The van der Waals surface area contributed by atoms with Crippen LogP contribution in [0, 0.1) is 18.3 Å². The van der Waals surface area contributed by atoms with Gasteiger partial charge in [0.25, 0.3) is 0 Å². The van der Waals surface area contributed by atoms with Gasteiger partial charge in [-0.3, -0.25) is 9.69 Å². The van der Waals surface area contributed by atoms with E-state index in [1.807, 2.05) is 24.3 Å². The molecule has 0 unspecified atom stereocenters. The normalized spacial score (nSPS) is 10.5. The number of carbonyl (C=O) groups excluding carboxylic acids is 1. The number of aromatic nitrogens is 3. The fraction of sp³-hybridized carbons (Fsp3) is 0.176. The van der Waals surface area contributed by atoms with Crippen molar-refractivity contribution in [2.45, 2.75) is 12.1 Å². The second kappa shape index (κ2) is 7.76. The Labute approximate surface area is 154 Å². The number of thioether (sulfide) groups is 1. The number of rotatable bonds is 6. The highest BCUT2D eigenvalue weighted by Crippen LogP contribution is 2.25. The van der Waals surface area contributed by atoms with E-state index in [0.717, 1.165) is 17.3 Å². The van der Waals surface area contributed by atoms with E-state index < -0.39 is 0 Å². The van der Waals surface area contributed by atoms with E-state index in [1.165, 1.54) is 9.58 Å². The van der Waals surface area contributed by atoms with Crippen LogP contribution in [0.5, 0.6) is 0 Å². The van der Waals surface area contributed by atoms with Gasteiger partial charge in [-0.05, 0) is 25.1 Å². The lowest BCUT2D eigenvalue weighted by molar-refractivity contribution is -0.116. The minimum Gasteiger partial charge on any atom is -0.469 e. The average Bonchev–Trinajstić information content (AvgIpc) is 3.23. The Bertz CT molecular complexity index is 944. The molecule has 26 heavy (non-hydrogen) atoms. The molecule has 0 aliphatic carbocycles. The number of hydrogen-bond acceptors (Lipinski definition) is 7. The predicted molar refractivity (Wildman–Crippen MR) is 97.7 cm³/mol. The maximum absolute atomic E-state index is 12.5. The maximum atomic E-state index is 12.5. The lowest BCUT2D eigenvalue weighted by Crippen LogP contribution is -2.32. The van der Waals surface area contributed by atoms with Crippen molar-refractivity contribution in [2.24, 2.45) is 0 Å². The first-order valence-corrected chi connectivity index (χ1v) is 8.70. The lowest BCUT2D eigenvalue weighted by Gasteiger charge is -2.19. The third-order valence-electron chi connectivity index (χ3n) is 3.69. The molecule has 9 heteroatoms. The van der Waals surface area contributed by atoms with Gasteiger partial charge < -0.3 is 10.3 Å². The molecule has 0 radical (unpaired) electrons. The van der Waals surface area contributed by atoms with Crippen LogP contribution in [0.2, 0.25) is 0 Å². The van der Waals surface area contributed by atoms with Gasteiger partial charge in [-0.25, -0.2) is 4.68 Å². The second-order valence-electron chi connectivity index (χ2n) is 5.33. The smallest absolute Gasteiger partial charge is 0.238 e. The topological polar surface area (TPSA) is 114 Å². The highest BCUT2D eigenvalue weighted by atomic mass is 32.2. The van der Waals surface area contributed by atoms with Crippen LogP contribution in [0.15, 0.2) is 52.2 Å². The van der Waals surface area contributed by atoms with Gasteiger partial charge >= 0.3 is 0 Å². The molecule has 0 aliphatic rings. The van der Waals surface area contributed by atoms with E-state index in [4.69, 9.17) is 15.5 Å². The molecular formula is C17H16N6O2S. The summed E-state index contributed by atoms with van der Waals surface area (Å²) in [4.78, 5) is 14.0. The first-order chi connectivity index (χ1) is 12.6. The second-order valence-corrected chi connectivity index (χ2v) is 6.27. The van der Waals surface area contributed by atoms with Crippen LogP contribution in [0.25, 0.3) is 11.4 Å². The largest absolute Gasteiger partial charge is 0.469 e. The van der Waals surface area contributed by atoms with Crippen molar-refractivity contribution in [3.8, 4) is 17.5 Å². The molecule has 2 N–H and O–H groups in total. The molecule has 8 nitrogen and oxygen atoms in total. The summed E-state index contributed by atoms with van der Waals surface area (Å²) in [6.07, 6.45) is 1.55. The van der Waals surface area contributed by atoms with Crippen molar-refractivity contribution >= 4 is 23.4 Å². The number of para-hydroxylation sites is 1. The number of anilines is 1. The zero-order valence-corrected chi connectivity index (χ0v) is 14.8. The number of aryl methyl sites for hydroxylation is 1. The Morgan fingerprint density at radius 2 is 2.12 bits per heavy atom. The molecule has 2 aromatic heterocycles. The Morgan fingerprint density at radius 3 is 2.77 bits per heavy atom. The Kier molecular flexibility index (Phi) is 5.24. The van der Waals surface area contributed by atoms with E-state index in [-0.39, 0.29) is 18.2 Å². The zero-order chi connectivity index (χ0) is 18.5. The van der Waals surface area contributed by atoms with Crippen LogP contribution < -0.4 is 10.7 Å². The Hall–Kier alpha value is -3.25. The van der Waals surface area contributed by atoms with E-state index in [2.05, 4.69) is 10.2 Å². The number of hydrogen-bond donors (Lipinski definition) is 1.